The SMILES string of the molecule is Clc1cccc2c1-c1ccccc1[As]2. The van der Waals surface area contributed by atoms with Gasteiger partial charge in [-0.3, -0.25) is 0 Å². The van der Waals surface area contributed by atoms with Gasteiger partial charge in [0.05, 0.1) is 0 Å². The van der Waals surface area contributed by atoms with Crippen LogP contribution in [0.1, 0.15) is 0 Å². The van der Waals surface area contributed by atoms with E-state index in [1.807, 2.05) is 12.1 Å². The van der Waals surface area contributed by atoms with Gasteiger partial charge in [-0.25, -0.2) is 0 Å². The zero-order valence-corrected chi connectivity index (χ0v) is 10.00. The maximum absolute atomic E-state index is 6.21. The van der Waals surface area contributed by atoms with Crippen LogP contribution in [-0.4, -0.2) is 15.8 Å². The summed E-state index contributed by atoms with van der Waals surface area (Å²) in [6.45, 7) is 0. The second kappa shape index (κ2) is 3.15. The molecule has 2 heteroatoms. The Hall–Kier alpha value is -0.712. The third-order valence-corrected chi connectivity index (χ3v) is 5.33. The van der Waals surface area contributed by atoms with Crippen LogP contribution in [0.3, 0.4) is 0 Å². The molecule has 0 aliphatic carbocycles. The molecule has 14 heavy (non-hydrogen) atoms. The Morgan fingerprint density at radius 1 is 0.857 bits per heavy atom. The van der Waals surface area contributed by atoms with Crippen molar-refractivity contribution in [2.45, 2.75) is 0 Å². The van der Waals surface area contributed by atoms with Gasteiger partial charge in [0.2, 0.25) is 0 Å². The van der Waals surface area contributed by atoms with Gasteiger partial charge in [-0.1, -0.05) is 0 Å². The molecule has 0 unspecified atom stereocenters. The zero-order chi connectivity index (χ0) is 9.54. The number of benzene rings is 2. The molecular weight excluding hydrogens is 255 g/mol. The first-order valence-electron chi connectivity index (χ1n) is 4.46. The minimum atomic E-state index is 0.152. The molecule has 1 aliphatic heterocycles. The summed E-state index contributed by atoms with van der Waals surface area (Å²) in [6, 6.07) is 14.8. The Balaban J connectivity index is 2.35. The molecule has 0 spiro atoms. The van der Waals surface area contributed by atoms with Gasteiger partial charge in [0.1, 0.15) is 0 Å². The van der Waals surface area contributed by atoms with E-state index in [0.29, 0.717) is 0 Å². The first-order chi connectivity index (χ1) is 6.86. The predicted octanol–water partition coefficient (Wildman–Crippen LogP) is 1.98. The van der Waals surface area contributed by atoms with Crippen LogP contribution in [0.2, 0.25) is 5.02 Å². The maximum atomic E-state index is 6.21. The molecule has 0 saturated carbocycles. The molecule has 2 aromatic rings. The van der Waals surface area contributed by atoms with Gasteiger partial charge in [0.15, 0.2) is 0 Å². The van der Waals surface area contributed by atoms with Gasteiger partial charge < -0.3 is 0 Å². The monoisotopic (exact) mass is 261 g/mol. The Morgan fingerprint density at radius 3 is 2.57 bits per heavy atom. The van der Waals surface area contributed by atoms with Crippen molar-refractivity contribution in [2.24, 2.45) is 0 Å². The van der Waals surface area contributed by atoms with E-state index in [9.17, 15) is 0 Å². The number of hydrogen-bond acceptors (Lipinski definition) is 0. The van der Waals surface area contributed by atoms with E-state index in [1.54, 1.807) is 0 Å². The summed E-state index contributed by atoms with van der Waals surface area (Å²) in [4.78, 5) is 0. The predicted molar refractivity (Wildman–Crippen MR) is 61.9 cm³/mol. The average molecular weight is 262 g/mol. The van der Waals surface area contributed by atoms with Gasteiger partial charge in [-0.05, 0) is 0 Å². The van der Waals surface area contributed by atoms with Crippen LogP contribution in [0.25, 0.3) is 11.1 Å². The summed E-state index contributed by atoms with van der Waals surface area (Å²) < 4.78 is 2.92. The van der Waals surface area contributed by atoms with E-state index in [2.05, 4.69) is 30.3 Å². The van der Waals surface area contributed by atoms with Crippen molar-refractivity contribution in [2.75, 3.05) is 0 Å². The summed E-state index contributed by atoms with van der Waals surface area (Å²) >= 11 is 6.36. The topological polar surface area (TPSA) is 0 Å². The molecule has 0 atom stereocenters. The number of fused-ring (bicyclic) bond motifs is 3. The van der Waals surface area contributed by atoms with Gasteiger partial charge >= 0.3 is 94.7 Å². The number of hydrogen-bond donors (Lipinski definition) is 0. The average Bonchev–Trinajstić information content (AvgIpc) is 2.57. The first kappa shape index (κ1) is 8.59. The molecule has 1 aliphatic rings. The molecular formula is C12H7AsCl. The second-order valence-corrected chi connectivity index (χ2v) is 6.16. The fourth-order valence-corrected chi connectivity index (χ4v) is 4.81. The third-order valence-electron chi connectivity index (χ3n) is 2.41. The second-order valence-electron chi connectivity index (χ2n) is 3.26. The summed E-state index contributed by atoms with van der Waals surface area (Å²) in [7, 11) is 0. The van der Waals surface area contributed by atoms with Crippen molar-refractivity contribution in [3.05, 3.63) is 47.5 Å². The summed E-state index contributed by atoms with van der Waals surface area (Å²) in [6.07, 6.45) is 0. The fraction of sp³-hybridized carbons (Fsp3) is 0. The molecule has 0 fully saturated rings. The van der Waals surface area contributed by atoms with Gasteiger partial charge in [0, 0.05) is 0 Å². The molecule has 67 valence electrons. The van der Waals surface area contributed by atoms with E-state index in [1.165, 1.54) is 19.8 Å². The Labute approximate surface area is 94.6 Å². The molecule has 0 nitrogen and oxygen atoms in total. The quantitative estimate of drug-likeness (QED) is 0.543. The molecule has 2 aromatic carbocycles. The summed E-state index contributed by atoms with van der Waals surface area (Å²) in [5.41, 5.74) is 2.61. The molecule has 0 amide bonds. The minimum absolute atomic E-state index is 0.152. The molecule has 0 N–H and O–H groups in total. The van der Waals surface area contributed by atoms with Crippen molar-refractivity contribution < 1.29 is 0 Å². The van der Waals surface area contributed by atoms with Crippen LogP contribution in [0.15, 0.2) is 42.5 Å². The van der Waals surface area contributed by atoms with Crippen molar-refractivity contribution in [3.63, 3.8) is 0 Å². The van der Waals surface area contributed by atoms with E-state index in [4.69, 9.17) is 11.6 Å². The van der Waals surface area contributed by atoms with E-state index in [-0.39, 0.29) is 15.8 Å². The van der Waals surface area contributed by atoms with Crippen molar-refractivity contribution in [1.29, 1.82) is 0 Å². The molecule has 1 radical (unpaired) electrons. The van der Waals surface area contributed by atoms with Crippen molar-refractivity contribution in [3.8, 4) is 11.1 Å². The van der Waals surface area contributed by atoms with Crippen LogP contribution in [0, 0.1) is 0 Å². The van der Waals surface area contributed by atoms with Gasteiger partial charge in [-0.15, -0.1) is 0 Å². The third kappa shape index (κ3) is 1.15. The van der Waals surface area contributed by atoms with E-state index < -0.39 is 0 Å². The van der Waals surface area contributed by atoms with Crippen LogP contribution in [-0.2, 0) is 0 Å². The number of halogens is 1. The Bertz CT molecular complexity index is 505. The molecule has 0 aromatic heterocycles. The normalized spacial score (nSPS) is 14.1. The van der Waals surface area contributed by atoms with Crippen LogP contribution in [0.5, 0.6) is 0 Å². The molecule has 3 rings (SSSR count). The van der Waals surface area contributed by atoms with Crippen LogP contribution < -0.4 is 8.70 Å². The van der Waals surface area contributed by atoms with Crippen molar-refractivity contribution in [1.82, 2.24) is 0 Å². The Kier molecular flexibility index (Phi) is 1.93. The Morgan fingerprint density at radius 2 is 1.64 bits per heavy atom. The van der Waals surface area contributed by atoms with Gasteiger partial charge in [0.25, 0.3) is 0 Å². The molecule has 0 bridgehead atoms. The van der Waals surface area contributed by atoms with E-state index >= 15 is 0 Å². The standard InChI is InChI=1S/C12H7AsCl/c14-11-7-3-6-10-12(11)8-4-1-2-5-9(8)13-10/h1-7H. The molecule has 1 heterocycles. The molecule has 0 saturated heterocycles. The summed E-state index contributed by atoms with van der Waals surface area (Å²) in [5.74, 6) is 0. The zero-order valence-electron chi connectivity index (χ0n) is 7.37. The van der Waals surface area contributed by atoms with Crippen LogP contribution >= 0.6 is 11.6 Å². The summed E-state index contributed by atoms with van der Waals surface area (Å²) in [5, 5.41) is 0.891. The van der Waals surface area contributed by atoms with Crippen LogP contribution in [0.4, 0.5) is 0 Å². The van der Waals surface area contributed by atoms with E-state index in [0.717, 1.165) is 5.02 Å². The van der Waals surface area contributed by atoms with Gasteiger partial charge in [-0.2, -0.15) is 0 Å². The first-order valence-corrected chi connectivity index (χ1v) is 6.71. The fourth-order valence-electron chi connectivity index (χ4n) is 1.78. The van der Waals surface area contributed by atoms with Crippen molar-refractivity contribution >= 4 is 36.1 Å². The number of rotatable bonds is 0.